The molecule has 0 N–H and O–H groups in total. The zero-order chi connectivity index (χ0) is 21.5. The van der Waals surface area contributed by atoms with Crippen LogP contribution in [0.3, 0.4) is 0 Å². The van der Waals surface area contributed by atoms with E-state index < -0.39 is 0 Å². The predicted octanol–water partition coefficient (Wildman–Crippen LogP) is 4.89. The number of aryl methyl sites for hydroxylation is 2. The Morgan fingerprint density at radius 3 is 1.45 bits per heavy atom. The molecule has 2 aliphatic heterocycles. The molecule has 2 aliphatic rings. The van der Waals surface area contributed by atoms with Crippen LogP contribution in [0.25, 0.3) is 0 Å². The maximum Gasteiger partial charge on any atom is 0.0906 e. The van der Waals surface area contributed by atoms with Crippen molar-refractivity contribution < 1.29 is 0 Å². The molecular weight excluding hydrogens is 388 g/mol. The highest BCUT2D eigenvalue weighted by Crippen LogP contribution is 2.17. The molecule has 164 valence electrons. The standard InChI is InChI=1S/C23H32N8/c1-20-5-9-22(10-6-20)24-26-30-15-3-13-28(18-30)17-29-14-4-16-31(19-29)27-25-23-11-7-21(2)8-12-23/h5-12H,3-4,13-19H2,1-2H3. The van der Waals surface area contributed by atoms with E-state index in [1.54, 1.807) is 0 Å². The maximum absolute atomic E-state index is 4.46. The first-order chi connectivity index (χ1) is 15.1. The SMILES string of the molecule is Cc1ccc(N=NN2CCCN(CN3CCCN(N=Nc4ccc(C)cc4)C3)C2)cc1. The van der Waals surface area contributed by atoms with Crippen LogP contribution in [0.15, 0.2) is 69.2 Å². The fraction of sp³-hybridized carbons (Fsp3) is 0.478. The van der Waals surface area contributed by atoms with Gasteiger partial charge in [-0.05, 0) is 51.0 Å². The van der Waals surface area contributed by atoms with Gasteiger partial charge in [-0.2, -0.15) is 0 Å². The molecule has 0 saturated carbocycles. The van der Waals surface area contributed by atoms with Gasteiger partial charge in [0.15, 0.2) is 0 Å². The second-order valence-corrected chi connectivity index (χ2v) is 8.43. The molecule has 0 spiro atoms. The van der Waals surface area contributed by atoms with Crippen molar-refractivity contribution in [3.05, 3.63) is 59.7 Å². The second-order valence-electron chi connectivity index (χ2n) is 8.43. The van der Waals surface area contributed by atoms with Gasteiger partial charge in [0.25, 0.3) is 0 Å². The molecule has 0 bridgehead atoms. The average molecular weight is 421 g/mol. The molecular formula is C23H32N8. The number of hydrogen-bond acceptors (Lipinski definition) is 6. The highest BCUT2D eigenvalue weighted by atomic mass is 15.6. The number of nitrogens with zero attached hydrogens (tertiary/aromatic N) is 8. The lowest BCUT2D eigenvalue weighted by Gasteiger charge is -2.39. The maximum atomic E-state index is 4.46. The van der Waals surface area contributed by atoms with Gasteiger partial charge in [0.1, 0.15) is 0 Å². The van der Waals surface area contributed by atoms with E-state index in [0.717, 1.165) is 70.4 Å². The molecule has 0 unspecified atom stereocenters. The quantitative estimate of drug-likeness (QED) is 0.624. The fourth-order valence-corrected chi connectivity index (χ4v) is 3.81. The summed E-state index contributed by atoms with van der Waals surface area (Å²) in [7, 11) is 0. The number of rotatable bonds is 6. The van der Waals surface area contributed by atoms with E-state index in [4.69, 9.17) is 0 Å². The van der Waals surface area contributed by atoms with Gasteiger partial charge in [-0.15, -0.1) is 10.2 Å². The normalized spacial score (nSPS) is 19.0. The molecule has 8 nitrogen and oxygen atoms in total. The molecule has 2 saturated heterocycles. The molecule has 2 aromatic carbocycles. The highest BCUT2D eigenvalue weighted by molar-refractivity contribution is 5.38. The smallest absolute Gasteiger partial charge is 0.0906 e. The Labute approximate surface area is 184 Å². The van der Waals surface area contributed by atoms with Crippen LogP contribution < -0.4 is 0 Å². The van der Waals surface area contributed by atoms with Crippen LogP contribution in [0.2, 0.25) is 0 Å². The molecule has 2 fully saturated rings. The topological polar surface area (TPSA) is 62.4 Å². The van der Waals surface area contributed by atoms with Crippen molar-refractivity contribution in [1.82, 2.24) is 19.8 Å². The van der Waals surface area contributed by atoms with Crippen molar-refractivity contribution in [2.45, 2.75) is 26.7 Å². The molecule has 31 heavy (non-hydrogen) atoms. The van der Waals surface area contributed by atoms with E-state index in [1.165, 1.54) is 11.1 Å². The number of benzene rings is 2. The van der Waals surface area contributed by atoms with Crippen molar-refractivity contribution in [2.75, 3.05) is 46.2 Å². The summed E-state index contributed by atoms with van der Waals surface area (Å²) < 4.78 is 0. The first kappa shape index (κ1) is 21.4. The van der Waals surface area contributed by atoms with Crippen LogP contribution in [0.1, 0.15) is 24.0 Å². The zero-order valence-electron chi connectivity index (χ0n) is 18.6. The third-order valence-corrected chi connectivity index (χ3v) is 5.55. The summed E-state index contributed by atoms with van der Waals surface area (Å²) in [5.74, 6) is 0. The molecule has 2 aromatic rings. The van der Waals surface area contributed by atoms with E-state index in [9.17, 15) is 0 Å². The molecule has 4 rings (SSSR count). The van der Waals surface area contributed by atoms with Crippen molar-refractivity contribution in [2.24, 2.45) is 20.7 Å². The Morgan fingerprint density at radius 1 is 0.613 bits per heavy atom. The van der Waals surface area contributed by atoms with E-state index >= 15 is 0 Å². The van der Waals surface area contributed by atoms with Crippen LogP contribution in [0, 0.1) is 13.8 Å². The summed E-state index contributed by atoms with van der Waals surface area (Å²) in [4.78, 5) is 4.86. The van der Waals surface area contributed by atoms with E-state index in [2.05, 4.69) is 78.6 Å². The van der Waals surface area contributed by atoms with Gasteiger partial charge >= 0.3 is 0 Å². The van der Waals surface area contributed by atoms with Gasteiger partial charge < -0.3 is 0 Å². The molecule has 0 amide bonds. The van der Waals surface area contributed by atoms with E-state index in [-0.39, 0.29) is 0 Å². The second kappa shape index (κ2) is 10.5. The summed E-state index contributed by atoms with van der Waals surface area (Å²) in [6.07, 6.45) is 2.19. The average Bonchev–Trinajstić information content (AvgIpc) is 2.79. The largest absolute Gasteiger partial charge is 0.271 e. The summed E-state index contributed by atoms with van der Waals surface area (Å²) >= 11 is 0. The van der Waals surface area contributed by atoms with Gasteiger partial charge in [-0.1, -0.05) is 45.8 Å². The summed E-state index contributed by atoms with van der Waals surface area (Å²) in [5, 5.41) is 21.8. The van der Waals surface area contributed by atoms with Crippen LogP contribution in [0.4, 0.5) is 11.4 Å². The lowest BCUT2D eigenvalue weighted by atomic mass is 10.2. The van der Waals surface area contributed by atoms with Crippen molar-refractivity contribution in [3.8, 4) is 0 Å². The Bertz CT molecular complexity index is 804. The molecule has 0 radical (unpaired) electrons. The minimum atomic E-state index is 0.802. The summed E-state index contributed by atoms with van der Waals surface area (Å²) in [6, 6.07) is 16.3. The first-order valence-corrected chi connectivity index (χ1v) is 11.1. The molecule has 0 aliphatic carbocycles. The Kier molecular flexibility index (Phi) is 7.22. The monoisotopic (exact) mass is 420 g/mol. The van der Waals surface area contributed by atoms with Crippen molar-refractivity contribution in [3.63, 3.8) is 0 Å². The van der Waals surface area contributed by atoms with Crippen molar-refractivity contribution >= 4 is 11.4 Å². The molecule has 2 heterocycles. The van der Waals surface area contributed by atoms with Gasteiger partial charge in [-0.3, -0.25) is 19.8 Å². The van der Waals surface area contributed by atoms with Gasteiger partial charge in [0.2, 0.25) is 0 Å². The van der Waals surface area contributed by atoms with Gasteiger partial charge in [0, 0.05) is 26.2 Å². The molecule has 0 aromatic heterocycles. The third kappa shape index (κ3) is 6.57. The van der Waals surface area contributed by atoms with Gasteiger partial charge in [0.05, 0.1) is 31.4 Å². The van der Waals surface area contributed by atoms with Crippen LogP contribution in [-0.2, 0) is 0 Å². The van der Waals surface area contributed by atoms with E-state index in [0.29, 0.717) is 0 Å². The predicted molar refractivity (Wildman–Crippen MR) is 122 cm³/mol. The summed E-state index contributed by atoms with van der Waals surface area (Å²) in [5.41, 5.74) is 4.26. The third-order valence-electron chi connectivity index (χ3n) is 5.55. The Balaban J connectivity index is 1.27. The van der Waals surface area contributed by atoms with E-state index in [1.807, 2.05) is 24.3 Å². The van der Waals surface area contributed by atoms with Crippen LogP contribution in [0.5, 0.6) is 0 Å². The highest BCUT2D eigenvalue weighted by Gasteiger charge is 2.22. The zero-order valence-corrected chi connectivity index (χ0v) is 18.6. The van der Waals surface area contributed by atoms with Crippen molar-refractivity contribution in [1.29, 1.82) is 0 Å². The Hall–Kier alpha value is -2.84. The number of hydrogen-bond donors (Lipinski definition) is 0. The lowest BCUT2D eigenvalue weighted by molar-refractivity contribution is -0.00455. The lowest BCUT2D eigenvalue weighted by Crippen LogP contribution is -2.51. The minimum Gasteiger partial charge on any atom is -0.271 e. The summed E-state index contributed by atoms with van der Waals surface area (Å²) in [6.45, 7) is 10.7. The Morgan fingerprint density at radius 2 is 1.03 bits per heavy atom. The molecule has 8 heteroatoms. The van der Waals surface area contributed by atoms with Crippen LogP contribution >= 0.6 is 0 Å². The fourth-order valence-electron chi connectivity index (χ4n) is 3.81. The minimum absolute atomic E-state index is 0.802. The molecule has 0 atom stereocenters. The van der Waals surface area contributed by atoms with Crippen LogP contribution in [-0.4, -0.2) is 66.0 Å². The first-order valence-electron chi connectivity index (χ1n) is 11.1. The van der Waals surface area contributed by atoms with Gasteiger partial charge in [-0.25, -0.2) is 0 Å².